The van der Waals surface area contributed by atoms with Crippen LogP contribution in [-0.2, 0) is 11.3 Å². The molecule has 0 saturated heterocycles. The van der Waals surface area contributed by atoms with Gasteiger partial charge in [-0.05, 0) is 52.9 Å². The zero-order valence-electron chi connectivity index (χ0n) is 16.2. The summed E-state index contributed by atoms with van der Waals surface area (Å²) in [6.07, 6.45) is 6.69. The molecule has 0 spiro atoms. The van der Waals surface area contributed by atoms with Crippen molar-refractivity contribution in [2.24, 2.45) is 10.9 Å². The standard InChI is InChI=1S/C19H34N4O2/c1-5-20-19(22-13-18-23-14(3)15(4)25-18)21-12-11-17(24-6-2)16-9-7-8-10-16/h16-17H,5-13H2,1-4H3,(H2,20,21,22). The molecule has 1 aliphatic rings. The topological polar surface area (TPSA) is 71.7 Å². The molecule has 0 amide bonds. The molecule has 1 aromatic heterocycles. The fraction of sp³-hybridized carbons (Fsp3) is 0.789. The predicted octanol–water partition coefficient (Wildman–Crippen LogP) is 3.33. The van der Waals surface area contributed by atoms with Crippen LogP contribution in [0.25, 0.3) is 0 Å². The number of hydrogen-bond donors (Lipinski definition) is 2. The van der Waals surface area contributed by atoms with Crippen molar-refractivity contribution >= 4 is 5.96 Å². The summed E-state index contributed by atoms with van der Waals surface area (Å²) in [5.74, 6) is 3.04. The van der Waals surface area contributed by atoms with E-state index in [-0.39, 0.29) is 0 Å². The van der Waals surface area contributed by atoms with Crippen LogP contribution in [0.1, 0.15) is 63.3 Å². The first-order chi connectivity index (χ1) is 12.1. The number of aliphatic imine (C=N–C) groups is 1. The van der Waals surface area contributed by atoms with Gasteiger partial charge in [0.15, 0.2) is 5.96 Å². The highest BCUT2D eigenvalue weighted by Gasteiger charge is 2.25. The molecule has 25 heavy (non-hydrogen) atoms. The highest BCUT2D eigenvalue weighted by atomic mass is 16.5. The number of hydrogen-bond acceptors (Lipinski definition) is 4. The van der Waals surface area contributed by atoms with Crippen molar-refractivity contribution in [3.63, 3.8) is 0 Å². The van der Waals surface area contributed by atoms with Gasteiger partial charge in [0, 0.05) is 19.7 Å². The third-order valence-electron chi connectivity index (χ3n) is 4.82. The highest BCUT2D eigenvalue weighted by molar-refractivity contribution is 5.79. The fourth-order valence-electron chi connectivity index (χ4n) is 3.43. The summed E-state index contributed by atoms with van der Waals surface area (Å²) in [5.41, 5.74) is 0.930. The maximum Gasteiger partial charge on any atom is 0.216 e. The quantitative estimate of drug-likeness (QED) is 0.528. The number of aryl methyl sites for hydroxylation is 2. The van der Waals surface area contributed by atoms with E-state index in [1.807, 2.05) is 13.8 Å². The highest BCUT2D eigenvalue weighted by Crippen LogP contribution is 2.30. The van der Waals surface area contributed by atoms with Gasteiger partial charge in [-0.15, -0.1) is 0 Å². The van der Waals surface area contributed by atoms with Crippen LogP contribution in [0.2, 0.25) is 0 Å². The molecule has 2 rings (SSSR count). The molecule has 1 aromatic rings. The zero-order chi connectivity index (χ0) is 18.1. The number of ether oxygens (including phenoxy) is 1. The third kappa shape index (κ3) is 6.34. The lowest BCUT2D eigenvalue weighted by Crippen LogP contribution is -2.39. The third-order valence-corrected chi connectivity index (χ3v) is 4.82. The molecular weight excluding hydrogens is 316 g/mol. The Morgan fingerprint density at radius 2 is 2.04 bits per heavy atom. The van der Waals surface area contributed by atoms with Crippen LogP contribution in [0.15, 0.2) is 9.41 Å². The van der Waals surface area contributed by atoms with E-state index in [1.165, 1.54) is 25.7 Å². The second kappa shape index (κ2) is 10.4. The smallest absolute Gasteiger partial charge is 0.216 e. The van der Waals surface area contributed by atoms with E-state index in [0.29, 0.717) is 18.5 Å². The number of oxazole rings is 1. The Labute approximate surface area is 151 Å². The Morgan fingerprint density at radius 3 is 2.64 bits per heavy atom. The molecule has 2 N–H and O–H groups in total. The number of aromatic nitrogens is 1. The molecule has 142 valence electrons. The summed E-state index contributed by atoms with van der Waals surface area (Å²) in [6, 6.07) is 0. The monoisotopic (exact) mass is 350 g/mol. The van der Waals surface area contributed by atoms with Gasteiger partial charge in [0.2, 0.25) is 5.89 Å². The number of guanidine groups is 1. The normalized spacial score (nSPS) is 17.0. The minimum absolute atomic E-state index is 0.361. The van der Waals surface area contributed by atoms with Crippen molar-refractivity contribution in [3.05, 3.63) is 17.3 Å². The summed E-state index contributed by atoms with van der Waals surface area (Å²) < 4.78 is 11.6. The van der Waals surface area contributed by atoms with Crippen molar-refractivity contribution in [2.75, 3.05) is 19.7 Å². The molecule has 0 radical (unpaired) electrons. The molecule has 0 bridgehead atoms. The molecule has 1 fully saturated rings. The molecule has 6 nitrogen and oxygen atoms in total. The van der Waals surface area contributed by atoms with E-state index in [9.17, 15) is 0 Å². The maximum absolute atomic E-state index is 5.99. The number of rotatable bonds is 9. The molecule has 0 aliphatic heterocycles. The Kier molecular flexibility index (Phi) is 8.25. The molecular formula is C19H34N4O2. The van der Waals surface area contributed by atoms with Gasteiger partial charge in [0.05, 0.1) is 11.8 Å². The Balaban J connectivity index is 1.83. The van der Waals surface area contributed by atoms with Gasteiger partial charge in [-0.2, -0.15) is 0 Å². The van der Waals surface area contributed by atoms with Gasteiger partial charge in [-0.25, -0.2) is 9.98 Å². The molecule has 0 aromatic carbocycles. The second-order valence-electron chi connectivity index (χ2n) is 6.70. The van der Waals surface area contributed by atoms with Crippen LogP contribution in [0.5, 0.6) is 0 Å². The van der Waals surface area contributed by atoms with Gasteiger partial charge in [0.1, 0.15) is 12.3 Å². The lowest BCUT2D eigenvalue weighted by Gasteiger charge is -2.24. The minimum atomic E-state index is 0.361. The summed E-state index contributed by atoms with van der Waals surface area (Å²) >= 11 is 0. The van der Waals surface area contributed by atoms with E-state index >= 15 is 0 Å². The average molecular weight is 351 g/mol. The first-order valence-corrected chi connectivity index (χ1v) is 9.70. The van der Waals surface area contributed by atoms with Crippen molar-refractivity contribution in [2.45, 2.75) is 72.4 Å². The van der Waals surface area contributed by atoms with Crippen LogP contribution >= 0.6 is 0 Å². The van der Waals surface area contributed by atoms with E-state index < -0.39 is 0 Å². The van der Waals surface area contributed by atoms with E-state index in [1.54, 1.807) is 0 Å². The zero-order valence-corrected chi connectivity index (χ0v) is 16.2. The summed E-state index contributed by atoms with van der Waals surface area (Å²) in [5, 5.41) is 6.69. The SMILES string of the molecule is CCNC(=NCc1nc(C)c(C)o1)NCCC(OCC)C1CCCC1. The van der Waals surface area contributed by atoms with Gasteiger partial charge in [-0.3, -0.25) is 0 Å². The number of nitrogens with zero attached hydrogens (tertiary/aromatic N) is 2. The van der Waals surface area contributed by atoms with E-state index in [4.69, 9.17) is 9.15 Å². The summed E-state index contributed by atoms with van der Waals surface area (Å²) in [6.45, 7) is 10.9. The van der Waals surface area contributed by atoms with Gasteiger partial charge in [-0.1, -0.05) is 12.8 Å². The molecule has 1 atom stereocenters. The first-order valence-electron chi connectivity index (χ1n) is 9.70. The van der Waals surface area contributed by atoms with Crippen LogP contribution in [0.4, 0.5) is 0 Å². The van der Waals surface area contributed by atoms with Crippen LogP contribution < -0.4 is 10.6 Å². The van der Waals surface area contributed by atoms with Crippen molar-refractivity contribution in [1.29, 1.82) is 0 Å². The van der Waals surface area contributed by atoms with Crippen LogP contribution in [0, 0.1) is 19.8 Å². The lowest BCUT2D eigenvalue weighted by atomic mass is 9.98. The number of nitrogens with one attached hydrogen (secondary N) is 2. The van der Waals surface area contributed by atoms with Crippen LogP contribution in [-0.4, -0.2) is 36.7 Å². The fourth-order valence-corrected chi connectivity index (χ4v) is 3.43. The Bertz CT molecular complexity index is 516. The maximum atomic E-state index is 5.99. The largest absolute Gasteiger partial charge is 0.444 e. The Morgan fingerprint density at radius 1 is 1.28 bits per heavy atom. The van der Waals surface area contributed by atoms with Crippen molar-refractivity contribution in [3.8, 4) is 0 Å². The van der Waals surface area contributed by atoms with E-state index in [0.717, 1.165) is 49.4 Å². The minimum Gasteiger partial charge on any atom is -0.444 e. The molecule has 1 heterocycles. The average Bonchev–Trinajstić information content (AvgIpc) is 3.22. The molecule has 6 heteroatoms. The molecule has 1 unspecified atom stereocenters. The van der Waals surface area contributed by atoms with Gasteiger partial charge >= 0.3 is 0 Å². The predicted molar refractivity (Wildman–Crippen MR) is 101 cm³/mol. The Hall–Kier alpha value is -1.56. The van der Waals surface area contributed by atoms with Crippen LogP contribution in [0.3, 0.4) is 0 Å². The van der Waals surface area contributed by atoms with Crippen molar-refractivity contribution in [1.82, 2.24) is 15.6 Å². The molecule has 1 saturated carbocycles. The van der Waals surface area contributed by atoms with Gasteiger partial charge in [0.25, 0.3) is 0 Å². The first kappa shape index (κ1) is 19.8. The van der Waals surface area contributed by atoms with E-state index in [2.05, 4.69) is 34.5 Å². The summed E-state index contributed by atoms with van der Waals surface area (Å²) in [7, 11) is 0. The second-order valence-corrected chi connectivity index (χ2v) is 6.70. The van der Waals surface area contributed by atoms with Crippen molar-refractivity contribution < 1.29 is 9.15 Å². The lowest BCUT2D eigenvalue weighted by molar-refractivity contribution is 0.0169. The summed E-state index contributed by atoms with van der Waals surface area (Å²) in [4.78, 5) is 8.95. The van der Waals surface area contributed by atoms with Gasteiger partial charge < -0.3 is 19.8 Å². The molecule has 1 aliphatic carbocycles.